The van der Waals surface area contributed by atoms with Gasteiger partial charge in [-0.25, -0.2) is 0 Å². The lowest BCUT2D eigenvalue weighted by Gasteiger charge is -2.08. The molecule has 24 heavy (non-hydrogen) atoms. The quantitative estimate of drug-likeness (QED) is 0.668. The minimum Gasteiger partial charge on any atom is -0.319 e. The van der Waals surface area contributed by atoms with Gasteiger partial charge in [0.15, 0.2) is 0 Å². The Hall–Kier alpha value is -2.14. The molecule has 0 saturated heterocycles. The minimum absolute atomic E-state index is 0.238. The molecule has 0 saturated carbocycles. The van der Waals surface area contributed by atoms with Crippen LogP contribution in [0.5, 0.6) is 0 Å². The van der Waals surface area contributed by atoms with Crippen LogP contribution in [0, 0.1) is 0 Å². The van der Waals surface area contributed by atoms with E-state index < -0.39 is 5.91 Å². The Morgan fingerprint density at radius 2 is 1.71 bits per heavy atom. The highest BCUT2D eigenvalue weighted by Gasteiger charge is 2.12. The van der Waals surface area contributed by atoms with E-state index in [1.807, 2.05) is 0 Å². The van der Waals surface area contributed by atoms with Gasteiger partial charge in [-0.3, -0.25) is 14.8 Å². The molecule has 1 N–H and O–H groups in total. The number of nitrogens with one attached hydrogen (secondary N) is 1. The largest absolute Gasteiger partial charge is 0.319 e. The number of pyridine rings is 2. The van der Waals surface area contributed by atoms with Gasteiger partial charge in [0.05, 0.1) is 26.4 Å². The summed E-state index contributed by atoms with van der Waals surface area (Å²) in [7, 11) is 0. The van der Waals surface area contributed by atoms with E-state index in [0.29, 0.717) is 21.4 Å². The standard InChI is InChI=1S/C17H10Cl3N3O/c18-11-3-1-5-13(15(11)20)23-17(24)14-7-6-10(9-22-14)16-12(19)4-2-8-21-16/h1-9H,(H,23,24). The number of benzene rings is 1. The molecule has 4 nitrogen and oxygen atoms in total. The molecule has 0 spiro atoms. The molecule has 1 aromatic carbocycles. The highest BCUT2D eigenvalue weighted by atomic mass is 35.5. The number of carbonyl (C=O) groups excluding carboxylic acids is 1. The van der Waals surface area contributed by atoms with Crippen molar-refractivity contribution in [3.63, 3.8) is 0 Å². The van der Waals surface area contributed by atoms with E-state index in [2.05, 4.69) is 15.3 Å². The second kappa shape index (κ2) is 7.18. The first-order valence-corrected chi connectivity index (χ1v) is 8.02. The lowest BCUT2D eigenvalue weighted by Crippen LogP contribution is -2.13. The van der Waals surface area contributed by atoms with Crippen molar-refractivity contribution in [2.24, 2.45) is 0 Å². The number of amides is 1. The van der Waals surface area contributed by atoms with Crippen molar-refractivity contribution in [1.29, 1.82) is 0 Å². The zero-order valence-corrected chi connectivity index (χ0v) is 14.4. The number of anilines is 1. The Balaban J connectivity index is 1.82. The number of nitrogens with zero attached hydrogens (tertiary/aromatic N) is 2. The third kappa shape index (κ3) is 3.51. The molecule has 3 aromatic rings. The van der Waals surface area contributed by atoms with Gasteiger partial charge in [-0.15, -0.1) is 0 Å². The molecule has 0 fully saturated rings. The summed E-state index contributed by atoms with van der Waals surface area (Å²) in [6.07, 6.45) is 3.19. The number of rotatable bonds is 3. The van der Waals surface area contributed by atoms with Gasteiger partial charge >= 0.3 is 0 Å². The van der Waals surface area contributed by atoms with E-state index in [-0.39, 0.29) is 10.7 Å². The summed E-state index contributed by atoms with van der Waals surface area (Å²) in [5.41, 5.74) is 1.99. The van der Waals surface area contributed by atoms with Crippen LogP contribution < -0.4 is 5.32 Å². The Morgan fingerprint density at radius 1 is 0.917 bits per heavy atom. The van der Waals surface area contributed by atoms with Gasteiger partial charge in [0.1, 0.15) is 5.69 Å². The predicted octanol–water partition coefficient (Wildman–Crippen LogP) is 5.36. The van der Waals surface area contributed by atoms with Crippen LogP contribution in [0.1, 0.15) is 10.5 Å². The molecule has 0 atom stereocenters. The molecular weight excluding hydrogens is 369 g/mol. The lowest BCUT2D eigenvalue weighted by molar-refractivity contribution is 0.102. The first kappa shape index (κ1) is 16.7. The fraction of sp³-hybridized carbons (Fsp3) is 0. The maximum absolute atomic E-state index is 12.3. The molecule has 0 aliphatic carbocycles. The number of halogens is 3. The number of carbonyl (C=O) groups is 1. The van der Waals surface area contributed by atoms with E-state index in [1.165, 1.54) is 0 Å². The van der Waals surface area contributed by atoms with Gasteiger partial charge in [-0.05, 0) is 36.4 Å². The smallest absolute Gasteiger partial charge is 0.274 e. The number of hydrogen-bond donors (Lipinski definition) is 1. The molecule has 0 radical (unpaired) electrons. The third-order valence-electron chi connectivity index (χ3n) is 3.23. The Morgan fingerprint density at radius 3 is 2.42 bits per heavy atom. The Bertz CT molecular complexity index is 898. The fourth-order valence-electron chi connectivity index (χ4n) is 2.05. The molecule has 0 aliphatic rings. The normalized spacial score (nSPS) is 10.5. The molecule has 7 heteroatoms. The van der Waals surface area contributed by atoms with Gasteiger partial charge in [-0.1, -0.05) is 40.9 Å². The van der Waals surface area contributed by atoms with Gasteiger partial charge in [-0.2, -0.15) is 0 Å². The third-order valence-corrected chi connectivity index (χ3v) is 4.35. The first-order chi connectivity index (χ1) is 11.6. The SMILES string of the molecule is O=C(Nc1cccc(Cl)c1Cl)c1ccc(-c2ncccc2Cl)cn1. The van der Waals surface area contributed by atoms with E-state index in [1.54, 1.807) is 54.9 Å². The zero-order valence-electron chi connectivity index (χ0n) is 12.1. The zero-order chi connectivity index (χ0) is 17.1. The van der Waals surface area contributed by atoms with E-state index in [9.17, 15) is 4.79 Å². The van der Waals surface area contributed by atoms with Crippen LogP contribution in [0.2, 0.25) is 15.1 Å². The Labute approximate surface area is 153 Å². The van der Waals surface area contributed by atoms with Gasteiger partial charge in [0, 0.05) is 18.0 Å². The van der Waals surface area contributed by atoms with Crippen molar-refractivity contribution in [3.05, 3.63) is 75.6 Å². The van der Waals surface area contributed by atoms with E-state index in [0.717, 1.165) is 5.56 Å². The number of hydrogen-bond acceptors (Lipinski definition) is 3. The maximum Gasteiger partial charge on any atom is 0.274 e. The summed E-state index contributed by atoms with van der Waals surface area (Å²) >= 11 is 18.1. The van der Waals surface area contributed by atoms with Crippen molar-refractivity contribution in [3.8, 4) is 11.3 Å². The van der Waals surface area contributed by atoms with Crippen LogP contribution in [0.3, 0.4) is 0 Å². The van der Waals surface area contributed by atoms with E-state index >= 15 is 0 Å². The minimum atomic E-state index is -0.391. The molecule has 3 rings (SSSR count). The van der Waals surface area contributed by atoms with Crippen LogP contribution >= 0.6 is 34.8 Å². The second-order valence-electron chi connectivity index (χ2n) is 4.82. The van der Waals surface area contributed by atoms with Crippen LogP contribution in [0.4, 0.5) is 5.69 Å². The average molecular weight is 379 g/mol. The topological polar surface area (TPSA) is 54.9 Å². The molecule has 120 valence electrons. The average Bonchev–Trinajstić information content (AvgIpc) is 2.59. The van der Waals surface area contributed by atoms with Gasteiger partial charge in [0.2, 0.25) is 0 Å². The monoisotopic (exact) mass is 377 g/mol. The predicted molar refractivity (Wildman–Crippen MR) is 96.9 cm³/mol. The summed E-state index contributed by atoms with van der Waals surface area (Å²) in [4.78, 5) is 20.6. The van der Waals surface area contributed by atoms with Crippen LogP contribution in [0.25, 0.3) is 11.3 Å². The Kier molecular flexibility index (Phi) is 5.00. The molecule has 2 heterocycles. The van der Waals surface area contributed by atoms with Crippen molar-refractivity contribution in [2.75, 3.05) is 5.32 Å². The highest BCUT2D eigenvalue weighted by Crippen LogP contribution is 2.30. The number of aromatic nitrogens is 2. The summed E-state index contributed by atoms with van der Waals surface area (Å²) in [6, 6.07) is 11.8. The molecule has 0 unspecified atom stereocenters. The second-order valence-corrected chi connectivity index (χ2v) is 6.01. The first-order valence-electron chi connectivity index (χ1n) is 6.88. The summed E-state index contributed by atoms with van der Waals surface area (Å²) in [5, 5.41) is 3.84. The molecule has 2 aromatic heterocycles. The van der Waals surface area contributed by atoms with Crippen molar-refractivity contribution in [1.82, 2.24) is 9.97 Å². The van der Waals surface area contributed by atoms with Gasteiger partial charge in [0.25, 0.3) is 5.91 Å². The van der Waals surface area contributed by atoms with E-state index in [4.69, 9.17) is 34.8 Å². The summed E-state index contributed by atoms with van der Waals surface area (Å²) in [5.74, 6) is -0.391. The molecular formula is C17H10Cl3N3O. The highest BCUT2D eigenvalue weighted by molar-refractivity contribution is 6.44. The maximum atomic E-state index is 12.3. The van der Waals surface area contributed by atoms with Crippen molar-refractivity contribution < 1.29 is 4.79 Å². The summed E-state index contributed by atoms with van der Waals surface area (Å²) in [6.45, 7) is 0. The van der Waals surface area contributed by atoms with Crippen molar-refractivity contribution in [2.45, 2.75) is 0 Å². The van der Waals surface area contributed by atoms with Gasteiger partial charge < -0.3 is 5.32 Å². The van der Waals surface area contributed by atoms with Crippen LogP contribution in [-0.2, 0) is 0 Å². The lowest BCUT2D eigenvalue weighted by atomic mass is 10.1. The molecule has 0 bridgehead atoms. The van der Waals surface area contributed by atoms with Crippen LogP contribution in [-0.4, -0.2) is 15.9 Å². The van der Waals surface area contributed by atoms with Crippen LogP contribution in [0.15, 0.2) is 54.9 Å². The molecule has 1 amide bonds. The molecule has 0 aliphatic heterocycles. The fourth-order valence-corrected chi connectivity index (χ4v) is 2.63. The van der Waals surface area contributed by atoms with Crippen molar-refractivity contribution >= 4 is 46.4 Å². The summed E-state index contributed by atoms with van der Waals surface area (Å²) < 4.78 is 0.